The van der Waals surface area contributed by atoms with Crippen molar-refractivity contribution in [3.8, 4) is 0 Å². The summed E-state index contributed by atoms with van der Waals surface area (Å²) < 4.78 is 10.6. The SMILES string of the molecule is O=C(OCC(=O)N1c2ccccc2SC[C@H]1c1ccccc1)[C@H]1CCCO1. The topological polar surface area (TPSA) is 55.8 Å². The first-order valence-electron chi connectivity index (χ1n) is 9.11. The highest BCUT2D eigenvalue weighted by Gasteiger charge is 2.33. The Bertz CT molecular complexity index is 820. The summed E-state index contributed by atoms with van der Waals surface area (Å²) in [6, 6.07) is 17.7. The van der Waals surface area contributed by atoms with Crippen molar-refractivity contribution in [2.45, 2.75) is 29.9 Å². The van der Waals surface area contributed by atoms with Crippen molar-refractivity contribution in [1.29, 1.82) is 0 Å². The smallest absolute Gasteiger partial charge is 0.335 e. The highest BCUT2D eigenvalue weighted by molar-refractivity contribution is 7.99. The Labute approximate surface area is 162 Å². The molecule has 0 aromatic heterocycles. The molecule has 0 N–H and O–H groups in total. The van der Waals surface area contributed by atoms with E-state index in [4.69, 9.17) is 9.47 Å². The van der Waals surface area contributed by atoms with Gasteiger partial charge in [0, 0.05) is 17.3 Å². The van der Waals surface area contributed by atoms with Crippen molar-refractivity contribution >= 4 is 29.3 Å². The number of thioether (sulfide) groups is 1. The van der Waals surface area contributed by atoms with Gasteiger partial charge in [0.05, 0.1) is 11.7 Å². The van der Waals surface area contributed by atoms with Crippen LogP contribution in [0.3, 0.4) is 0 Å². The van der Waals surface area contributed by atoms with E-state index in [2.05, 4.69) is 0 Å². The summed E-state index contributed by atoms with van der Waals surface area (Å²) in [5.74, 6) is 0.0895. The van der Waals surface area contributed by atoms with E-state index in [1.807, 2.05) is 54.6 Å². The minimum atomic E-state index is -0.535. The van der Waals surface area contributed by atoms with Gasteiger partial charge in [0.25, 0.3) is 5.91 Å². The number of ether oxygens (including phenoxy) is 2. The zero-order chi connectivity index (χ0) is 18.6. The third-order valence-electron chi connectivity index (χ3n) is 4.82. The summed E-state index contributed by atoms with van der Waals surface area (Å²) in [7, 11) is 0. The molecule has 2 heterocycles. The molecular formula is C21H21NO4S. The van der Waals surface area contributed by atoms with Gasteiger partial charge in [0.2, 0.25) is 0 Å². The maximum atomic E-state index is 13.1. The van der Waals surface area contributed by atoms with E-state index in [0.717, 1.165) is 28.3 Å². The Morgan fingerprint density at radius 1 is 1.11 bits per heavy atom. The molecule has 27 heavy (non-hydrogen) atoms. The van der Waals surface area contributed by atoms with Crippen molar-refractivity contribution in [3.05, 3.63) is 60.2 Å². The van der Waals surface area contributed by atoms with Crippen LogP contribution >= 0.6 is 11.8 Å². The van der Waals surface area contributed by atoms with Crippen LogP contribution in [-0.4, -0.2) is 36.9 Å². The Kier molecular flexibility index (Phi) is 5.45. The average molecular weight is 383 g/mol. The average Bonchev–Trinajstić information content (AvgIpc) is 3.26. The van der Waals surface area contributed by atoms with Gasteiger partial charge in [0.15, 0.2) is 12.7 Å². The largest absolute Gasteiger partial charge is 0.454 e. The number of nitrogens with zero attached hydrogens (tertiary/aromatic N) is 1. The molecule has 2 aromatic carbocycles. The van der Waals surface area contributed by atoms with Gasteiger partial charge in [-0.2, -0.15) is 0 Å². The summed E-state index contributed by atoms with van der Waals surface area (Å²) >= 11 is 1.74. The number of carbonyl (C=O) groups excluding carboxylic acids is 2. The van der Waals surface area contributed by atoms with Crippen molar-refractivity contribution < 1.29 is 19.1 Å². The molecule has 5 nitrogen and oxygen atoms in total. The van der Waals surface area contributed by atoms with E-state index in [9.17, 15) is 9.59 Å². The van der Waals surface area contributed by atoms with E-state index in [-0.39, 0.29) is 18.6 Å². The normalized spacial score (nSPS) is 21.6. The van der Waals surface area contributed by atoms with Gasteiger partial charge < -0.3 is 9.47 Å². The van der Waals surface area contributed by atoms with Crippen LogP contribution in [0.5, 0.6) is 0 Å². The van der Waals surface area contributed by atoms with Crippen LogP contribution in [0.25, 0.3) is 0 Å². The lowest BCUT2D eigenvalue weighted by Crippen LogP contribution is -2.41. The summed E-state index contributed by atoms with van der Waals surface area (Å²) in [6.45, 7) is 0.293. The molecule has 0 unspecified atom stereocenters. The van der Waals surface area contributed by atoms with Gasteiger partial charge in [-0.3, -0.25) is 9.69 Å². The first kappa shape index (κ1) is 18.1. The highest BCUT2D eigenvalue weighted by Crippen LogP contribution is 2.43. The number of esters is 1. The first-order chi connectivity index (χ1) is 13.2. The number of hydrogen-bond donors (Lipinski definition) is 0. The van der Waals surface area contributed by atoms with Crippen molar-refractivity contribution in [2.75, 3.05) is 23.9 Å². The number of para-hydroxylation sites is 1. The van der Waals surface area contributed by atoms with Crippen molar-refractivity contribution in [1.82, 2.24) is 0 Å². The zero-order valence-electron chi connectivity index (χ0n) is 14.9. The van der Waals surface area contributed by atoms with Gasteiger partial charge in [0.1, 0.15) is 0 Å². The molecule has 1 fully saturated rings. The van der Waals surface area contributed by atoms with Gasteiger partial charge in [-0.05, 0) is 30.5 Å². The second-order valence-corrected chi connectivity index (χ2v) is 7.64. The van der Waals surface area contributed by atoms with Crippen molar-refractivity contribution in [3.63, 3.8) is 0 Å². The summed E-state index contributed by atoms with van der Waals surface area (Å²) in [5, 5.41) is 0. The van der Waals surface area contributed by atoms with Gasteiger partial charge in [-0.25, -0.2) is 4.79 Å². The Morgan fingerprint density at radius 3 is 2.67 bits per heavy atom. The minimum absolute atomic E-state index is 0.0972. The standard InChI is InChI=1S/C21H21NO4S/c23-20(13-26-21(24)18-10-6-12-25-18)22-16-9-4-5-11-19(16)27-14-17(22)15-7-2-1-3-8-15/h1-5,7-9,11,17-18H,6,10,12-14H2/t17-,18+/m0/s1. The first-order valence-corrected chi connectivity index (χ1v) is 10.1. The fourth-order valence-electron chi connectivity index (χ4n) is 3.48. The summed E-state index contributed by atoms with van der Waals surface area (Å²) in [4.78, 5) is 28.0. The van der Waals surface area contributed by atoms with Crippen LogP contribution in [0.4, 0.5) is 5.69 Å². The van der Waals surface area contributed by atoms with E-state index in [1.165, 1.54) is 0 Å². The van der Waals surface area contributed by atoms with Gasteiger partial charge >= 0.3 is 5.97 Å². The Balaban J connectivity index is 1.55. The molecule has 0 bridgehead atoms. The Hall–Kier alpha value is -2.31. The molecule has 140 valence electrons. The Morgan fingerprint density at radius 2 is 1.89 bits per heavy atom. The molecule has 2 atom stereocenters. The van der Waals surface area contributed by atoms with Crippen LogP contribution in [0.2, 0.25) is 0 Å². The number of carbonyl (C=O) groups is 2. The van der Waals surface area contributed by atoms with Crippen LogP contribution in [-0.2, 0) is 19.1 Å². The molecule has 2 aliphatic rings. The number of anilines is 1. The predicted molar refractivity (Wildman–Crippen MR) is 104 cm³/mol. The fourth-order valence-corrected chi connectivity index (χ4v) is 4.64. The van der Waals surface area contributed by atoms with E-state index in [0.29, 0.717) is 13.0 Å². The summed E-state index contributed by atoms with van der Waals surface area (Å²) in [6.07, 6.45) is 0.968. The lowest BCUT2D eigenvalue weighted by Gasteiger charge is -2.37. The highest BCUT2D eigenvalue weighted by atomic mass is 32.2. The predicted octanol–water partition coefficient (Wildman–Crippen LogP) is 3.59. The van der Waals surface area contributed by atoms with Crippen LogP contribution in [0, 0.1) is 0 Å². The molecule has 4 rings (SSSR count). The molecule has 2 aromatic rings. The monoisotopic (exact) mass is 383 g/mol. The van der Waals surface area contributed by atoms with Crippen LogP contribution in [0.15, 0.2) is 59.5 Å². The molecule has 0 spiro atoms. The van der Waals surface area contributed by atoms with Gasteiger partial charge in [-0.1, -0.05) is 42.5 Å². The number of hydrogen-bond acceptors (Lipinski definition) is 5. The fraction of sp³-hybridized carbons (Fsp3) is 0.333. The molecule has 2 aliphatic heterocycles. The van der Waals surface area contributed by atoms with Crippen molar-refractivity contribution in [2.24, 2.45) is 0 Å². The molecule has 1 saturated heterocycles. The molecule has 0 radical (unpaired) electrons. The quantitative estimate of drug-likeness (QED) is 0.756. The molecule has 0 saturated carbocycles. The van der Waals surface area contributed by atoms with Crippen LogP contribution < -0.4 is 4.90 Å². The van der Waals surface area contributed by atoms with E-state index >= 15 is 0 Å². The molecular weight excluding hydrogens is 362 g/mol. The van der Waals surface area contributed by atoms with Gasteiger partial charge in [-0.15, -0.1) is 11.8 Å². The second-order valence-electron chi connectivity index (χ2n) is 6.58. The third kappa shape index (κ3) is 3.87. The molecule has 6 heteroatoms. The third-order valence-corrected chi connectivity index (χ3v) is 5.96. The number of benzene rings is 2. The van der Waals surface area contributed by atoms with E-state index < -0.39 is 12.1 Å². The minimum Gasteiger partial charge on any atom is -0.454 e. The molecule has 1 amide bonds. The molecule has 0 aliphatic carbocycles. The lowest BCUT2D eigenvalue weighted by molar-refractivity contribution is -0.157. The second kappa shape index (κ2) is 8.15. The zero-order valence-corrected chi connectivity index (χ0v) is 15.7. The van der Waals surface area contributed by atoms with Crippen LogP contribution in [0.1, 0.15) is 24.4 Å². The number of rotatable bonds is 4. The summed E-state index contributed by atoms with van der Waals surface area (Å²) in [5.41, 5.74) is 1.93. The lowest BCUT2D eigenvalue weighted by atomic mass is 10.1. The maximum Gasteiger partial charge on any atom is 0.335 e. The number of amides is 1. The number of fused-ring (bicyclic) bond motifs is 1. The van der Waals surface area contributed by atoms with E-state index in [1.54, 1.807) is 16.7 Å². The maximum absolute atomic E-state index is 13.1.